The summed E-state index contributed by atoms with van der Waals surface area (Å²) in [4.78, 5) is 53.4. The van der Waals surface area contributed by atoms with Gasteiger partial charge >= 0.3 is 0 Å². The highest BCUT2D eigenvalue weighted by Crippen LogP contribution is 2.28. The molecule has 1 aliphatic rings. The minimum Gasteiger partial charge on any atom is -0.364 e. The maximum atomic E-state index is 14.2. The van der Waals surface area contributed by atoms with Gasteiger partial charge in [0.05, 0.1) is 23.6 Å². The molecule has 0 bridgehead atoms. The molecule has 3 aromatic rings. The molecule has 42 heavy (non-hydrogen) atoms. The van der Waals surface area contributed by atoms with Gasteiger partial charge in [-0.1, -0.05) is 23.7 Å². The molecule has 1 fully saturated rings. The average molecular weight is 607 g/mol. The Hall–Kier alpha value is -4.13. The van der Waals surface area contributed by atoms with Gasteiger partial charge in [-0.15, -0.1) is 0 Å². The summed E-state index contributed by atoms with van der Waals surface area (Å²) in [5.74, 6) is -6.20. The van der Waals surface area contributed by atoms with Crippen molar-refractivity contribution in [1.82, 2.24) is 24.9 Å². The van der Waals surface area contributed by atoms with Crippen molar-refractivity contribution >= 4 is 46.1 Å². The van der Waals surface area contributed by atoms with Gasteiger partial charge in [0.2, 0.25) is 11.8 Å². The lowest BCUT2D eigenvalue weighted by atomic mass is 10.0. The molecular formula is C28H30ClF3N6O4. The number of fused-ring (bicyclic) bond motifs is 1. The number of likely N-dealkylation sites (tertiary alicyclic amines) is 1. The minimum atomic E-state index is -2.98. The highest BCUT2D eigenvalue weighted by Gasteiger charge is 2.37. The Labute approximate surface area is 244 Å². The lowest BCUT2D eigenvalue weighted by Crippen LogP contribution is -2.45. The maximum absolute atomic E-state index is 14.2. The van der Waals surface area contributed by atoms with Crippen molar-refractivity contribution in [2.45, 2.75) is 51.7 Å². The quantitative estimate of drug-likeness (QED) is 0.386. The number of nitrogens with zero attached hydrogens (tertiary/aromatic N) is 4. The summed E-state index contributed by atoms with van der Waals surface area (Å²) in [7, 11) is 0. The summed E-state index contributed by atoms with van der Waals surface area (Å²) >= 11 is 5.78. The van der Waals surface area contributed by atoms with Crippen LogP contribution in [0, 0.1) is 5.82 Å². The monoisotopic (exact) mass is 606 g/mol. The molecule has 0 unspecified atom stereocenters. The van der Waals surface area contributed by atoms with Crippen LogP contribution in [0.25, 0.3) is 10.9 Å². The van der Waals surface area contributed by atoms with Gasteiger partial charge in [0.25, 0.3) is 17.7 Å². The Bertz CT molecular complexity index is 1540. The summed E-state index contributed by atoms with van der Waals surface area (Å²) in [5.41, 5.74) is 5.88. The van der Waals surface area contributed by atoms with Crippen molar-refractivity contribution < 1.29 is 32.3 Å². The first-order valence-electron chi connectivity index (χ1n) is 13.2. The molecule has 14 heteroatoms. The van der Waals surface area contributed by atoms with E-state index < -0.39 is 48.0 Å². The summed E-state index contributed by atoms with van der Waals surface area (Å²) in [6.45, 7) is 2.05. The van der Waals surface area contributed by atoms with Gasteiger partial charge in [0.1, 0.15) is 12.4 Å². The molecular weight excluding hydrogens is 577 g/mol. The van der Waals surface area contributed by atoms with Crippen LogP contribution in [0.1, 0.15) is 53.1 Å². The number of carbonyl (C=O) groups is 4. The molecule has 0 atom stereocenters. The molecule has 2 aromatic carbocycles. The standard InChI is InChI=1S/C28H30ClF3N6O4/c1-16(2)37(13-22(39)34-12-18-5-3-6-20(29)24(18)30)23(40)14-38-21-8-7-17(11-19(21)25(35-38)26(33)41)27(42)36-10-4-9-28(31,32)15-36/h3,5-8,11,16H,4,9-10,12-15H2,1-2H3,(H2,33,41)(H,34,39). The predicted molar refractivity (Wildman–Crippen MR) is 148 cm³/mol. The summed E-state index contributed by atoms with van der Waals surface area (Å²) < 4.78 is 43.1. The third-order valence-corrected chi connectivity index (χ3v) is 7.25. The number of primary amides is 1. The molecule has 0 spiro atoms. The fraction of sp³-hybridized carbons (Fsp3) is 0.393. The van der Waals surface area contributed by atoms with Crippen LogP contribution < -0.4 is 11.1 Å². The van der Waals surface area contributed by atoms with Crippen LogP contribution in [0.5, 0.6) is 0 Å². The number of hydrogen-bond donors (Lipinski definition) is 2. The molecule has 0 saturated carbocycles. The number of nitrogens with one attached hydrogen (secondary N) is 1. The number of rotatable bonds is 9. The van der Waals surface area contributed by atoms with Crippen LogP contribution in [-0.2, 0) is 22.7 Å². The Balaban J connectivity index is 1.51. The zero-order chi connectivity index (χ0) is 30.8. The highest BCUT2D eigenvalue weighted by atomic mass is 35.5. The molecule has 224 valence electrons. The summed E-state index contributed by atoms with van der Waals surface area (Å²) in [6, 6.07) is 8.23. The van der Waals surface area contributed by atoms with Gasteiger partial charge in [-0.2, -0.15) is 5.10 Å². The minimum absolute atomic E-state index is 0.0743. The van der Waals surface area contributed by atoms with E-state index in [1.54, 1.807) is 19.9 Å². The largest absolute Gasteiger partial charge is 0.364 e. The van der Waals surface area contributed by atoms with Gasteiger partial charge in [-0.25, -0.2) is 13.2 Å². The van der Waals surface area contributed by atoms with Crippen molar-refractivity contribution in [1.29, 1.82) is 0 Å². The van der Waals surface area contributed by atoms with E-state index in [1.165, 1.54) is 39.9 Å². The van der Waals surface area contributed by atoms with Crippen molar-refractivity contribution in [3.05, 3.63) is 64.1 Å². The van der Waals surface area contributed by atoms with Gasteiger partial charge in [0.15, 0.2) is 5.69 Å². The molecule has 10 nitrogen and oxygen atoms in total. The van der Waals surface area contributed by atoms with Crippen LogP contribution in [0.4, 0.5) is 13.2 Å². The number of amides is 4. The zero-order valence-electron chi connectivity index (χ0n) is 23.0. The van der Waals surface area contributed by atoms with E-state index >= 15 is 0 Å². The lowest BCUT2D eigenvalue weighted by Gasteiger charge is -2.32. The second-order valence-corrected chi connectivity index (χ2v) is 10.8. The molecule has 4 rings (SSSR count). The normalized spacial score (nSPS) is 14.7. The number of alkyl halides is 2. The number of carbonyl (C=O) groups excluding carboxylic acids is 4. The maximum Gasteiger partial charge on any atom is 0.269 e. The van der Waals surface area contributed by atoms with E-state index in [0.717, 1.165) is 4.90 Å². The number of hydrogen-bond acceptors (Lipinski definition) is 5. The Morgan fingerprint density at radius 2 is 1.93 bits per heavy atom. The first-order valence-corrected chi connectivity index (χ1v) is 13.6. The van der Waals surface area contributed by atoms with Crippen molar-refractivity contribution in [2.24, 2.45) is 5.73 Å². The third kappa shape index (κ3) is 6.84. The fourth-order valence-corrected chi connectivity index (χ4v) is 5.00. The van der Waals surface area contributed by atoms with E-state index in [9.17, 15) is 32.3 Å². The smallest absolute Gasteiger partial charge is 0.269 e. The van der Waals surface area contributed by atoms with Crippen LogP contribution in [0.15, 0.2) is 36.4 Å². The average Bonchev–Trinajstić information content (AvgIpc) is 3.29. The van der Waals surface area contributed by atoms with Gasteiger partial charge in [-0.3, -0.25) is 23.9 Å². The summed E-state index contributed by atoms with van der Waals surface area (Å²) in [5, 5.41) is 6.85. The first-order chi connectivity index (χ1) is 19.8. The molecule has 1 aromatic heterocycles. The van der Waals surface area contributed by atoms with E-state index in [1.807, 2.05) is 0 Å². The lowest BCUT2D eigenvalue weighted by molar-refractivity contribution is -0.138. The Kier molecular flexibility index (Phi) is 9.09. The molecule has 3 N–H and O–H groups in total. The van der Waals surface area contributed by atoms with E-state index in [0.29, 0.717) is 5.52 Å². The molecule has 1 saturated heterocycles. The van der Waals surface area contributed by atoms with Crippen molar-refractivity contribution in [3.63, 3.8) is 0 Å². The number of piperidine rings is 1. The molecule has 2 heterocycles. The van der Waals surface area contributed by atoms with E-state index in [-0.39, 0.29) is 66.3 Å². The van der Waals surface area contributed by atoms with Crippen molar-refractivity contribution in [3.8, 4) is 0 Å². The Morgan fingerprint density at radius 1 is 1.19 bits per heavy atom. The SMILES string of the molecule is CC(C)N(CC(=O)NCc1cccc(Cl)c1F)C(=O)Cn1nc(C(N)=O)c2cc(C(=O)N3CCCC(F)(F)C3)ccc21. The number of aromatic nitrogens is 2. The van der Waals surface area contributed by atoms with Crippen LogP contribution >= 0.6 is 11.6 Å². The van der Waals surface area contributed by atoms with Crippen LogP contribution in [0.2, 0.25) is 5.02 Å². The molecule has 0 aliphatic carbocycles. The van der Waals surface area contributed by atoms with Crippen LogP contribution in [0.3, 0.4) is 0 Å². The topological polar surface area (TPSA) is 131 Å². The van der Waals surface area contributed by atoms with Crippen LogP contribution in [-0.4, -0.2) is 74.8 Å². The van der Waals surface area contributed by atoms with E-state index in [4.69, 9.17) is 17.3 Å². The predicted octanol–water partition coefficient (Wildman–Crippen LogP) is 3.35. The van der Waals surface area contributed by atoms with Gasteiger partial charge in [0, 0.05) is 42.1 Å². The molecule has 1 aliphatic heterocycles. The zero-order valence-corrected chi connectivity index (χ0v) is 23.8. The number of halogens is 4. The number of benzene rings is 2. The fourth-order valence-electron chi connectivity index (χ4n) is 4.80. The first kappa shape index (κ1) is 30.8. The molecule has 0 radical (unpaired) electrons. The van der Waals surface area contributed by atoms with E-state index in [2.05, 4.69) is 10.4 Å². The number of nitrogens with two attached hydrogens (primary N) is 1. The van der Waals surface area contributed by atoms with Gasteiger partial charge < -0.3 is 20.9 Å². The third-order valence-electron chi connectivity index (χ3n) is 6.96. The molecule has 4 amide bonds. The Morgan fingerprint density at radius 3 is 2.60 bits per heavy atom. The second-order valence-electron chi connectivity index (χ2n) is 10.4. The second kappa shape index (κ2) is 12.4. The van der Waals surface area contributed by atoms with Crippen molar-refractivity contribution in [2.75, 3.05) is 19.6 Å². The van der Waals surface area contributed by atoms with Gasteiger partial charge in [-0.05, 0) is 44.5 Å². The highest BCUT2D eigenvalue weighted by molar-refractivity contribution is 6.30. The summed E-state index contributed by atoms with van der Waals surface area (Å²) in [6.07, 6.45) is -0.132.